The zero-order chi connectivity index (χ0) is 14.5. The summed E-state index contributed by atoms with van der Waals surface area (Å²) in [7, 11) is 1.31. The molecule has 1 aromatic rings. The predicted molar refractivity (Wildman–Crippen MR) is 68.1 cm³/mol. The normalized spacial score (nSPS) is 19.6. The molecule has 110 valence electrons. The van der Waals surface area contributed by atoms with Gasteiger partial charge >= 0.3 is 5.97 Å². The third-order valence-corrected chi connectivity index (χ3v) is 2.95. The van der Waals surface area contributed by atoms with Gasteiger partial charge in [0.2, 0.25) is 11.8 Å². The number of hydrogen-bond acceptors (Lipinski definition) is 7. The van der Waals surface area contributed by atoms with Gasteiger partial charge in [-0.2, -0.15) is 0 Å². The van der Waals surface area contributed by atoms with Crippen LogP contribution in [0.2, 0.25) is 0 Å². The van der Waals surface area contributed by atoms with Crippen LogP contribution in [0.25, 0.3) is 0 Å². The van der Waals surface area contributed by atoms with Crippen molar-refractivity contribution in [2.24, 2.45) is 0 Å². The fraction of sp³-hybridized carbons (Fsp3) is 0.583. The summed E-state index contributed by atoms with van der Waals surface area (Å²) in [6.45, 7) is 3.00. The van der Waals surface area contributed by atoms with E-state index in [1.165, 1.54) is 7.11 Å². The molecule has 1 aliphatic heterocycles. The van der Waals surface area contributed by atoms with Crippen molar-refractivity contribution < 1.29 is 23.6 Å². The van der Waals surface area contributed by atoms with Crippen LogP contribution in [0.15, 0.2) is 10.6 Å². The first-order chi connectivity index (χ1) is 9.60. The van der Waals surface area contributed by atoms with E-state index in [4.69, 9.17) is 14.0 Å². The molecule has 1 saturated heterocycles. The molecule has 1 amide bonds. The van der Waals surface area contributed by atoms with Crippen molar-refractivity contribution in [3.05, 3.63) is 11.8 Å². The summed E-state index contributed by atoms with van der Waals surface area (Å²) in [5.41, 5.74) is 0.680. The van der Waals surface area contributed by atoms with Crippen molar-refractivity contribution in [2.45, 2.75) is 13.0 Å². The second-order valence-corrected chi connectivity index (χ2v) is 4.47. The largest absolute Gasteiger partial charge is 0.468 e. The minimum absolute atomic E-state index is 0.0584. The van der Waals surface area contributed by atoms with Crippen molar-refractivity contribution in [3.8, 4) is 0 Å². The molecular weight excluding hydrogens is 266 g/mol. The van der Waals surface area contributed by atoms with E-state index < -0.39 is 12.0 Å². The molecule has 2 heterocycles. The second-order valence-electron chi connectivity index (χ2n) is 4.47. The molecule has 20 heavy (non-hydrogen) atoms. The van der Waals surface area contributed by atoms with Crippen LogP contribution in [0, 0.1) is 6.92 Å². The lowest BCUT2D eigenvalue weighted by atomic mass is 10.2. The molecular formula is C12H17N3O5. The van der Waals surface area contributed by atoms with Gasteiger partial charge in [-0.3, -0.25) is 19.8 Å². The number of aryl methyl sites for hydroxylation is 1. The third kappa shape index (κ3) is 3.55. The van der Waals surface area contributed by atoms with E-state index in [-0.39, 0.29) is 24.9 Å². The van der Waals surface area contributed by atoms with Crippen molar-refractivity contribution in [1.29, 1.82) is 0 Å². The first-order valence-corrected chi connectivity index (χ1v) is 6.23. The van der Waals surface area contributed by atoms with Gasteiger partial charge < -0.3 is 14.0 Å². The molecule has 0 aromatic carbocycles. The van der Waals surface area contributed by atoms with E-state index in [0.717, 1.165) is 0 Å². The van der Waals surface area contributed by atoms with Crippen LogP contribution in [-0.2, 0) is 19.1 Å². The SMILES string of the molecule is COC(=O)C1COCCN1CC(=O)Nc1cc(C)no1. The van der Waals surface area contributed by atoms with Crippen LogP contribution in [0.3, 0.4) is 0 Å². The maximum atomic E-state index is 11.9. The van der Waals surface area contributed by atoms with Gasteiger partial charge in [0, 0.05) is 12.6 Å². The minimum atomic E-state index is -0.559. The summed E-state index contributed by atoms with van der Waals surface area (Å²) in [4.78, 5) is 25.2. The zero-order valence-electron chi connectivity index (χ0n) is 11.4. The lowest BCUT2D eigenvalue weighted by Gasteiger charge is -2.32. The number of methoxy groups -OCH3 is 1. The van der Waals surface area contributed by atoms with Crippen molar-refractivity contribution in [3.63, 3.8) is 0 Å². The van der Waals surface area contributed by atoms with Crippen LogP contribution >= 0.6 is 0 Å². The van der Waals surface area contributed by atoms with Crippen LogP contribution in [0.1, 0.15) is 5.69 Å². The number of nitrogens with one attached hydrogen (secondary N) is 1. The molecule has 1 N–H and O–H groups in total. The molecule has 8 nitrogen and oxygen atoms in total. The summed E-state index contributed by atoms with van der Waals surface area (Å²) < 4.78 is 14.8. The number of morpholine rings is 1. The third-order valence-electron chi connectivity index (χ3n) is 2.95. The fourth-order valence-electron chi connectivity index (χ4n) is 1.96. The van der Waals surface area contributed by atoms with E-state index in [9.17, 15) is 9.59 Å². The smallest absolute Gasteiger partial charge is 0.325 e. The van der Waals surface area contributed by atoms with Crippen LogP contribution in [0.4, 0.5) is 5.88 Å². The highest BCUT2D eigenvalue weighted by atomic mass is 16.5. The average Bonchev–Trinajstić information content (AvgIpc) is 2.83. The lowest BCUT2D eigenvalue weighted by Crippen LogP contribution is -2.52. The maximum Gasteiger partial charge on any atom is 0.325 e. The summed E-state index contributed by atoms with van der Waals surface area (Å²) in [6, 6.07) is 1.06. The highest BCUT2D eigenvalue weighted by molar-refractivity contribution is 5.91. The minimum Gasteiger partial charge on any atom is -0.468 e. The Morgan fingerprint density at radius 1 is 1.60 bits per heavy atom. The van der Waals surface area contributed by atoms with E-state index in [1.807, 2.05) is 0 Å². The van der Waals surface area contributed by atoms with Crippen molar-refractivity contribution in [2.75, 3.05) is 38.7 Å². The quantitative estimate of drug-likeness (QED) is 0.764. The zero-order valence-corrected chi connectivity index (χ0v) is 11.4. The first-order valence-electron chi connectivity index (χ1n) is 6.23. The highest BCUT2D eigenvalue weighted by Crippen LogP contribution is 2.11. The highest BCUT2D eigenvalue weighted by Gasteiger charge is 2.31. The second kappa shape index (κ2) is 6.49. The van der Waals surface area contributed by atoms with E-state index in [0.29, 0.717) is 18.8 Å². The van der Waals surface area contributed by atoms with E-state index in [2.05, 4.69) is 10.5 Å². The number of hydrogen-bond donors (Lipinski definition) is 1. The first kappa shape index (κ1) is 14.5. The van der Waals surface area contributed by atoms with Crippen molar-refractivity contribution in [1.82, 2.24) is 10.1 Å². The van der Waals surface area contributed by atoms with Gasteiger partial charge in [-0.25, -0.2) is 0 Å². The number of anilines is 1. The molecule has 2 rings (SSSR count). The molecule has 1 aliphatic rings. The Labute approximate surface area is 116 Å². The van der Waals surface area contributed by atoms with E-state index in [1.54, 1.807) is 17.9 Å². The monoisotopic (exact) mass is 283 g/mol. The Bertz CT molecular complexity index is 487. The lowest BCUT2D eigenvalue weighted by molar-refractivity contribution is -0.153. The Morgan fingerprint density at radius 2 is 2.40 bits per heavy atom. The van der Waals surface area contributed by atoms with E-state index >= 15 is 0 Å². The molecule has 0 aliphatic carbocycles. The van der Waals surface area contributed by atoms with Gasteiger partial charge in [-0.05, 0) is 6.92 Å². The van der Waals surface area contributed by atoms with Gasteiger partial charge in [0.15, 0.2) is 0 Å². The number of carbonyl (C=O) groups is 2. The van der Waals surface area contributed by atoms with Crippen LogP contribution in [-0.4, -0.2) is 61.4 Å². The number of amides is 1. The number of nitrogens with zero attached hydrogens (tertiary/aromatic N) is 2. The van der Waals surface area contributed by atoms with Crippen LogP contribution < -0.4 is 5.32 Å². The molecule has 1 unspecified atom stereocenters. The van der Waals surface area contributed by atoms with Gasteiger partial charge in [-0.1, -0.05) is 5.16 Å². The topological polar surface area (TPSA) is 93.9 Å². The molecule has 1 fully saturated rings. The Hall–Kier alpha value is -1.93. The molecule has 0 bridgehead atoms. The maximum absolute atomic E-state index is 11.9. The van der Waals surface area contributed by atoms with Gasteiger partial charge in [0.1, 0.15) is 6.04 Å². The number of rotatable bonds is 4. The summed E-state index contributed by atoms with van der Waals surface area (Å²) in [5, 5.41) is 6.26. The Morgan fingerprint density at radius 3 is 3.05 bits per heavy atom. The summed E-state index contributed by atoms with van der Waals surface area (Å²) in [5.74, 6) is -0.402. The average molecular weight is 283 g/mol. The van der Waals surface area contributed by atoms with Crippen LogP contribution in [0.5, 0.6) is 0 Å². The number of esters is 1. The predicted octanol–water partition coefficient (Wildman–Crippen LogP) is -0.205. The molecule has 1 atom stereocenters. The Kier molecular flexibility index (Phi) is 4.70. The van der Waals surface area contributed by atoms with Gasteiger partial charge in [-0.15, -0.1) is 0 Å². The molecule has 0 saturated carbocycles. The Balaban J connectivity index is 1.92. The molecule has 8 heteroatoms. The molecule has 0 radical (unpaired) electrons. The summed E-state index contributed by atoms with van der Waals surface area (Å²) in [6.07, 6.45) is 0. The summed E-state index contributed by atoms with van der Waals surface area (Å²) >= 11 is 0. The van der Waals surface area contributed by atoms with Crippen molar-refractivity contribution >= 4 is 17.8 Å². The van der Waals surface area contributed by atoms with Gasteiger partial charge in [0.25, 0.3) is 0 Å². The number of carbonyl (C=O) groups excluding carboxylic acids is 2. The fourth-order valence-corrected chi connectivity index (χ4v) is 1.96. The number of ether oxygens (including phenoxy) is 2. The molecule has 1 aromatic heterocycles. The standard InChI is InChI=1S/C12H17N3O5/c1-8-5-11(20-14-8)13-10(16)6-15-3-4-19-7-9(15)12(17)18-2/h5,9H,3-4,6-7H2,1-2H3,(H,13,16). The molecule has 0 spiro atoms. The number of aromatic nitrogens is 1. The van der Waals surface area contributed by atoms with Gasteiger partial charge in [0.05, 0.1) is 32.6 Å².